The van der Waals surface area contributed by atoms with Crippen molar-refractivity contribution in [2.75, 3.05) is 0 Å². The van der Waals surface area contributed by atoms with Crippen LogP contribution in [0.2, 0.25) is 0 Å². The first-order chi connectivity index (χ1) is 8.27. The van der Waals surface area contributed by atoms with Crippen molar-refractivity contribution < 1.29 is 9.84 Å². The first kappa shape index (κ1) is 12.0. The van der Waals surface area contributed by atoms with Crippen LogP contribution in [0.5, 0.6) is 0 Å². The summed E-state index contributed by atoms with van der Waals surface area (Å²) in [6, 6.07) is 0. The molecule has 1 saturated heterocycles. The zero-order valence-corrected chi connectivity index (χ0v) is 10.9. The molecule has 0 aromatic carbocycles. The molecule has 3 fully saturated rings. The van der Waals surface area contributed by atoms with Gasteiger partial charge in [0.15, 0.2) is 0 Å². The number of rotatable bonds is 2. The molecule has 1 heterocycles. The molecule has 17 heavy (non-hydrogen) atoms. The van der Waals surface area contributed by atoms with Gasteiger partial charge >= 0.3 is 0 Å². The van der Waals surface area contributed by atoms with Gasteiger partial charge in [0.1, 0.15) is 0 Å². The minimum atomic E-state index is -0.0403. The highest BCUT2D eigenvalue weighted by Gasteiger charge is 2.42. The van der Waals surface area contributed by atoms with Gasteiger partial charge in [0.2, 0.25) is 0 Å². The monoisotopic (exact) mass is 238 g/mol. The molecule has 0 radical (unpaired) electrons. The molecule has 0 amide bonds. The molecule has 0 bridgehead atoms. The molecule has 2 aliphatic carbocycles. The molecular weight excluding hydrogens is 212 g/mol. The minimum absolute atomic E-state index is 0.0403. The van der Waals surface area contributed by atoms with Gasteiger partial charge < -0.3 is 9.84 Å². The van der Waals surface area contributed by atoms with E-state index in [0.29, 0.717) is 12.0 Å². The van der Waals surface area contributed by atoms with Crippen LogP contribution in [0.1, 0.15) is 70.6 Å². The maximum Gasteiger partial charge on any atom is 0.0687 e. The van der Waals surface area contributed by atoms with Gasteiger partial charge in [-0.25, -0.2) is 0 Å². The largest absolute Gasteiger partial charge is 0.393 e. The number of aliphatic hydroxyl groups is 1. The van der Waals surface area contributed by atoms with Crippen molar-refractivity contribution in [3.8, 4) is 0 Å². The molecule has 98 valence electrons. The zero-order valence-electron chi connectivity index (χ0n) is 10.9. The summed E-state index contributed by atoms with van der Waals surface area (Å²) < 4.78 is 6.39. The molecule has 1 N–H and O–H groups in total. The van der Waals surface area contributed by atoms with Crippen LogP contribution in [-0.2, 0) is 4.74 Å². The van der Waals surface area contributed by atoms with E-state index in [1.165, 1.54) is 57.8 Å². The van der Waals surface area contributed by atoms with Crippen molar-refractivity contribution >= 4 is 0 Å². The lowest BCUT2D eigenvalue weighted by Gasteiger charge is -2.33. The Balaban J connectivity index is 1.53. The first-order valence-electron chi connectivity index (χ1n) is 7.63. The molecule has 1 spiro atoms. The van der Waals surface area contributed by atoms with Crippen LogP contribution in [0.25, 0.3) is 0 Å². The van der Waals surface area contributed by atoms with Crippen LogP contribution < -0.4 is 0 Å². The van der Waals surface area contributed by atoms with E-state index in [0.717, 1.165) is 12.8 Å². The van der Waals surface area contributed by atoms with Gasteiger partial charge in [0.25, 0.3) is 0 Å². The Hall–Kier alpha value is -0.0800. The third-order valence-electron chi connectivity index (χ3n) is 5.29. The maximum atomic E-state index is 9.90. The zero-order chi connectivity index (χ0) is 11.7. The van der Waals surface area contributed by atoms with Gasteiger partial charge in [-0.2, -0.15) is 0 Å². The summed E-state index contributed by atoms with van der Waals surface area (Å²) in [4.78, 5) is 0. The molecule has 3 unspecified atom stereocenters. The van der Waals surface area contributed by atoms with Gasteiger partial charge in [0.05, 0.1) is 17.8 Å². The Morgan fingerprint density at radius 3 is 2.47 bits per heavy atom. The Labute approximate surface area is 105 Å². The molecule has 0 aromatic rings. The van der Waals surface area contributed by atoms with Gasteiger partial charge in [-0.3, -0.25) is 0 Å². The standard InChI is InChI=1S/C15H26O2/c16-14-6-4-5-12(14)11-13-7-10-15(17-13)8-2-1-3-9-15/h12-14,16H,1-11H2. The molecule has 2 saturated carbocycles. The minimum Gasteiger partial charge on any atom is -0.393 e. The van der Waals surface area contributed by atoms with E-state index in [2.05, 4.69) is 0 Å². The fourth-order valence-corrected chi connectivity index (χ4v) is 4.26. The number of ether oxygens (including phenoxy) is 1. The predicted molar refractivity (Wildman–Crippen MR) is 67.9 cm³/mol. The molecular formula is C15H26O2. The Kier molecular flexibility index (Phi) is 3.45. The topological polar surface area (TPSA) is 29.5 Å². The molecule has 1 aliphatic heterocycles. The van der Waals surface area contributed by atoms with Gasteiger partial charge in [-0.1, -0.05) is 25.7 Å². The second-order valence-corrected chi connectivity index (χ2v) is 6.52. The third-order valence-corrected chi connectivity index (χ3v) is 5.29. The van der Waals surface area contributed by atoms with Crippen molar-refractivity contribution in [1.82, 2.24) is 0 Å². The Bertz CT molecular complexity index is 258. The van der Waals surface area contributed by atoms with E-state index in [-0.39, 0.29) is 11.7 Å². The predicted octanol–water partition coefficient (Wildman–Crippen LogP) is 3.42. The summed E-state index contributed by atoms with van der Waals surface area (Å²) in [5.74, 6) is 0.527. The summed E-state index contributed by atoms with van der Waals surface area (Å²) in [5.41, 5.74) is 0.256. The summed E-state index contributed by atoms with van der Waals surface area (Å²) >= 11 is 0. The second-order valence-electron chi connectivity index (χ2n) is 6.52. The van der Waals surface area contributed by atoms with E-state index >= 15 is 0 Å². The van der Waals surface area contributed by atoms with E-state index in [1.54, 1.807) is 0 Å². The average molecular weight is 238 g/mol. The Morgan fingerprint density at radius 1 is 0.941 bits per heavy atom. The van der Waals surface area contributed by atoms with Gasteiger partial charge in [0, 0.05) is 0 Å². The average Bonchev–Trinajstić information content (AvgIpc) is 2.90. The summed E-state index contributed by atoms with van der Waals surface area (Å²) in [6.07, 6.45) is 14.2. The first-order valence-corrected chi connectivity index (χ1v) is 7.63. The van der Waals surface area contributed by atoms with Crippen LogP contribution in [0.15, 0.2) is 0 Å². The number of hydrogen-bond acceptors (Lipinski definition) is 2. The van der Waals surface area contributed by atoms with Crippen LogP contribution >= 0.6 is 0 Å². The lowest BCUT2D eigenvalue weighted by molar-refractivity contribution is -0.0736. The van der Waals surface area contributed by atoms with E-state index in [4.69, 9.17) is 4.74 Å². The highest BCUT2D eigenvalue weighted by atomic mass is 16.5. The fourth-order valence-electron chi connectivity index (χ4n) is 4.26. The highest BCUT2D eigenvalue weighted by molar-refractivity contribution is 4.92. The molecule has 3 atom stereocenters. The molecule has 3 rings (SSSR count). The SMILES string of the molecule is OC1CCCC1CC1CCC2(CCCCC2)O1. The Morgan fingerprint density at radius 2 is 1.76 bits per heavy atom. The van der Waals surface area contributed by atoms with Crippen molar-refractivity contribution in [1.29, 1.82) is 0 Å². The summed E-state index contributed by atoms with van der Waals surface area (Å²) in [7, 11) is 0. The lowest BCUT2D eigenvalue weighted by Crippen LogP contribution is -2.32. The molecule has 2 nitrogen and oxygen atoms in total. The summed E-state index contributed by atoms with van der Waals surface area (Å²) in [6.45, 7) is 0. The summed E-state index contributed by atoms with van der Waals surface area (Å²) in [5, 5.41) is 9.90. The third kappa shape index (κ3) is 2.53. The van der Waals surface area contributed by atoms with Crippen molar-refractivity contribution in [3.05, 3.63) is 0 Å². The van der Waals surface area contributed by atoms with E-state index < -0.39 is 0 Å². The van der Waals surface area contributed by atoms with Crippen LogP contribution in [0.3, 0.4) is 0 Å². The van der Waals surface area contributed by atoms with E-state index in [9.17, 15) is 5.11 Å². The quantitative estimate of drug-likeness (QED) is 0.798. The lowest BCUT2D eigenvalue weighted by atomic mass is 9.83. The van der Waals surface area contributed by atoms with Crippen LogP contribution in [0, 0.1) is 5.92 Å². The van der Waals surface area contributed by atoms with Crippen molar-refractivity contribution in [3.63, 3.8) is 0 Å². The molecule has 2 heteroatoms. The molecule has 0 aromatic heterocycles. The fraction of sp³-hybridized carbons (Fsp3) is 1.00. The van der Waals surface area contributed by atoms with Crippen LogP contribution in [0.4, 0.5) is 0 Å². The van der Waals surface area contributed by atoms with Crippen molar-refractivity contribution in [2.24, 2.45) is 5.92 Å². The smallest absolute Gasteiger partial charge is 0.0687 e. The highest BCUT2D eigenvalue weighted by Crippen LogP contribution is 2.44. The number of aliphatic hydroxyl groups excluding tert-OH is 1. The normalized spacial score (nSPS) is 41.1. The second kappa shape index (κ2) is 4.89. The van der Waals surface area contributed by atoms with E-state index in [1.807, 2.05) is 0 Å². The maximum absolute atomic E-state index is 9.90. The number of hydrogen-bond donors (Lipinski definition) is 1. The van der Waals surface area contributed by atoms with Crippen LogP contribution in [-0.4, -0.2) is 22.9 Å². The van der Waals surface area contributed by atoms with Gasteiger partial charge in [-0.05, 0) is 50.9 Å². The van der Waals surface area contributed by atoms with Gasteiger partial charge in [-0.15, -0.1) is 0 Å². The molecule has 3 aliphatic rings. The van der Waals surface area contributed by atoms with Crippen molar-refractivity contribution in [2.45, 2.75) is 88.4 Å².